The molecule has 0 fully saturated rings. The van der Waals surface area contributed by atoms with Crippen LogP contribution in [0.4, 0.5) is 0 Å². The maximum Gasteiger partial charge on any atom is 0.271 e. The quantitative estimate of drug-likeness (QED) is 0.652. The lowest BCUT2D eigenvalue weighted by Crippen LogP contribution is -2.17. The van der Waals surface area contributed by atoms with Crippen molar-refractivity contribution in [1.82, 2.24) is 5.43 Å². The number of hydrogen-bond donors (Lipinski definition) is 1. The van der Waals surface area contributed by atoms with Gasteiger partial charge in [-0.25, -0.2) is 5.43 Å². The molecule has 1 amide bonds. The number of hydrogen-bond acceptors (Lipinski definition) is 4. The summed E-state index contributed by atoms with van der Waals surface area (Å²) in [5.41, 5.74) is 5.08. The fraction of sp³-hybridized carbons (Fsp3) is 0.263. The molecule has 0 aromatic heterocycles. The number of nitrogens with one attached hydrogen (secondary N) is 1. The molecule has 0 aliphatic rings. The van der Waals surface area contributed by atoms with E-state index in [1.807, 2.05) is 18.2 Å². The van der Waals surface area contributed by atoms with Gasteiger partial charge in [-0.2, -0.15) is 5.10 Å². The lowest BCUT2D eigenvalue weighted by Gasteiger charge is -2.07. The predicted molar refractivity (Wildman–Crippen MR) is 95.1 cm³/mol. The van der Waals surface area contributed by atoms with Gasteiger partial charge in [0.1, 0.15) is 0 Å². The monoisotopic (exact) mass is 326 g/mol. The Hall–Kier alpha value is -2.82. The Kier molecular flexibility index (Phi) is 5.95. The van der Waals surface area contributed by atoms with Crippen molar-refractivity contribution in [2.45, 2.75) is 19.8 Å². The predicted octanol–water partition coefficient (Wildman–Crippen LogP) is 3.59. The van der Waals surface area contributed by atoms with Gasteiger partial charge in [-0.3, -0.25) is 4.79 Å². The highest BCUT2D eigenvalue weighted by Gasteiger charge is 2.06. The van der Waals surface area contributed by atoms with Crippen molar-refractivity contribution in [3.63, 3.8) is 0 Å². The summed E-state index contributed by atoms with van der Waals surface area (Å²) in [6.45, 7) is 4.23. The van der Waals surface area contributed by atoms with Gasteiger partial charge in [0.05, 0.1) is 20.4 Å². The average molecular weight is 326 g/mol. The number of carbonyl (C=O) groups is 1. The van der Waals surface area contributed by atoms with E-state index in [9.17, 15) is 4.79 Å². The second-order valence-corrected chi connectivity index (χ2v) is 5.59. The van der Waals surface area contributed by atoms with Crippen molar-refractivity contribution >= 4 is 12.1 Å². The highest BCUT2D eigenvalue weighted by Crippen LogP contribution is 2.26. The summed E-state index contributed by atoms with van der Waals surface area (Å²) >= 11 is 0. The van der Waals surface area contributed by atoms with Crippen molar-refractivity contribution in [1.29, 1.82) is 0 Å². The summed E-state index contributed by atoms with van der Waals surface area (Å²) in [7, 11) is 3.15. The van der Waals surface area contributed by atoms with Crippen LogP contribution in [0.5, 0.6) is 11.5 Å². The molecule has 0 radical (unpaired) electrons. The molecular weight excluding hydrogens is 304 g/mol. The van der Waals surface area contributed by atoms with Crippen LogP contribution in [-0.4, -0.2) is 26.3 Å². The standard InChI is InChI=1S/C19H22N2O3/c1-13(2)15-6-8-16(9-7-15)19(22)21-20-12-14-5-10-17(23-3)18(11-14)24-4/h5-13H,1-4H3,(H,21,22). The summed E-state index contributed by atoms with van der Waals surface area (Å²) < 4.78 is 10.4. The van der Waals surface area contributed by atoms with Gasteiger partial charge in [0.2, 0.25) is 0 Å². The molecule has 5 heteroatoms. The second kappa shape index (κ2) is 8.15. The number of methoxy groups -OCH3 is 2. The maximum absolute atomic E-state index is 12.1. The normalized spacial score (nSPS) is 10.9. The fourth-order valence-electron chi connectivity index (χ4n) is 2.18. The molecule has 0 saturated heterocycles. The Morgan fingerprint density at radius 2 is 1.71 bits per heavy atom. The van der Waals surface area contributed by atoms with Crippen molar-refractivity contribution in [3.05, 3.63) is 59.2 Å². The molecule has 2 rings (SSSR count). The Bertz CT molecular complexity index is 722. The van der Waals surface area contributed by atoms with Gasteiger partial charge in [-0.1, -0.05) is 26.0 Å². The smallest absolute Gasteiger partial charge is 0.271 e. The van der Waals surface area contributed by atoms with Gasteiger partial charge in [0.25, 0.3) is 5.91 Å². The molecule has 0 heterocycles. The Balaban J connectivity index is 2.01. The van der Waals surface area contributed by atoms with Crippen molar-refractivity contribution < 1.29 is 14.3 Å². The van der Waals surface area contributed by atoms with Gasteiger partial charge in [0.15, 0.2) is 11.5 Å². The van der Waals surface area contributed by atoms with Crippen LogP contribution in [0.1, 0.15) is 41.3 Å². The van der Waals surface area contributed by atoms with Crippen LogP contribution in [-0.2, 0) is 0 Å². The van der Waals surface area contributed by atoms with E-state index in [0.29, 0.717) is 23.0 Å². The number of rotatable bonds is 6. The highest BCUT2D eigenvalue weighted by molar-refractivity contribution is 5.95. The van der Waals surface area contributed by atoms with Crippen LogP contribution in [0.25, 0.3) is 0 Å². The minimum Gasteiger partial charge on any atom is -0.493 e. The fourth-order valence-corrected chi connectivity index (χ4v) is 2.18. The number of hydrazone groups is 1. The van der Waals surface area contributed by atoms with E-state index in [1.54, 1.807) is 44.7 Å². The van der Waals surface area contributed by atoms with Crippen LogP contribution < -0.4 is 14.9 Å². The minimum atomic E-state index is -0.248. The van der Waals surface area contributed by atoms with Gasteiger partial charge in [0, 0.05) is 5.56 Å². The number of benzene rings is 2. The topological polar surface area (TPSA) is 59.9 Å². The molecule has 1 N–H and O–H groups in total. The molecule has 0 aliphatic heterocycles. The summed E-state index contributed by atoms with van der Waals surface area (Å²) in [5, 5.41) is 3.99. The lowest BCUT2D eigenvalue weighted by atomic mass is 10.0. The van der Waals surface area contributed by atoms with Crippen LogP contribution in [0, 0.1) is 0 Å². The summed E-state index contributed by atoms with van der Waals surface area (Å²) in [4.78, 5) is 12.1. The largest absolute Gasteiger partial charge is 0.493 e. The van der Waals surface area contributed by atoms with E-state index in [1.165, 1.54) is 5.56 Å². The van der Waals surface area contributed by atoms with E-state index in [-0.39, 0.29) is 5.91 Å². The van der Waals surface area contributed by atoms with E-state index >= 15 is 0 Å². The third kappa shape index (κ3) is 4.35. The van der Waals surface area contributed by atoms with Gasteiger partial charge in [-0.05, 0) is 47.4 Å². The molecule has 0 bridgehead atoms. The zero-order chi connectivity index (χ0) is 17.5. The van der Waals surface area contributed by atoms with E-state index in [2.05, 4.69) is 24.4 Å². The third-order valence-electron chi connectivity index (χ3n) is 3.63. The highest BCUT2D eigenvalue weighted by atomic mass is 16.5. The average Bonchev–Trinajstić information content (AvgIpc) is 2.61. The van der Waals surface area contributed by atoms with E-state index < -0.39 is 0 Å². The van der Waals surface area contributed by atoms with Crippen LogP contribution in [0.3, 0.4) is 0 Å². The van der Waals surface area contributed by atoms with Crippen molar-refractivity contribution in [2.75, 3.05) is 14.2 Å². The summed E-state index contributed by atoms with van der Waals surface area (Å²) in [6.07, 6.45) is 1.56. The van der Waals surface area contributed by atoms with E-state index in [4.69, 9.17) is 9.47 Å². The lowest BCUT2D eigenvalue weighted by molar-refractivity contribution is 0.0955. The number of amides is 1. The van der Waals surface area contributed by atoms with Crippen molar-refractivity contribution in [2.24, 2.45) is 5.10 Å². The molecular formula is C19H22N2O3. The van der Waals surface area contributed by atoms with Crippen LogP contribution >= 0.6 is 0 Å². The molecule has 24 heavy (non-hydrogen) atoms. The first-order valence-corrected chi connectivity index (χ1v) is 7.70. The molecule has 0 atom stereocenters. The molecule has 2 aromatic carbocycles. The second-order valence-electron chi connectivity index (χ2n) is 5.59. The number of nitrogens with zero attached hydrogens (tertiary/aromatic N) is 1. The SMILES string of the molecule is COc1ccc(C=NNC(=O)c2ccc(C(C)C)cc2)cc1OC. The molecule has 0 spiro atoms. The molecule has 0 unspecified atom stereocenters. The summed E-state index contributed by atoms with van der Waals surface area (Å²) in [6, 6.07) is 12.9. The Labute approximate surface area is 142 Å². The molecule has 0 aliphatic carbocycles. The minimum absolute atomic E-state index is 0.248. The molecule has 0 saturated carbocycles. The van der Waals surface area contributed by atoms with Crippen molar-refractivity contribution in [3.8, 4) is 11.5 Å². The molecule has 2 aromatic rings. The third-order valence-corrected chi connectivity index (χ3v) is 3.63. The first-order valence-electron chi connectivity index (χ1n) is 7.70. The molecule has 5 nitrogen and oxygen atoms in total. The Morgan fingerprint density at radius 3 is 2.29 bits per heavy atom. The van der Waals surface area contributed by atoms with Gasteiger partial charge < -0.3 is 9.47 Å². The summed E-state index contributed by atoms with van der Waals surface area (Å²) in [5.74, 6) is 1.44. The van der Waals surface area contributed by atoms with E-state index in [0.717, 1.165) is 5.56 Å². The van der Waals surface area contributed by atoms with Crippen LogP contribution in [0.15, 0.2) is 47.6 Å². The molecule has 126 valence electrons. The zero-order valence-corrected chi connectivity index (χ0v) is 14.4. The first kappa shape index (κ1) is 17.5. The first-order chi connectivity index (χ1) is 11.5. The van der Waals surface area contributed by atoms with Crippen LogP contribution in [0.2, 0.25) is 0 Å². The van der Waals surface area contributed by atoms with Gasteiger partial charge in [-0.15, -0.1) is 0 Å². The Morgan fingerprint density at radius 1 is 1.04 bits per heavy atom. The zero-order valence-electron chi connectivity index (χ0n) is 14.4. The number of ether oxygens (including phenoxy) is 2. The number of carbonyl (C=O) groups excluding carboxylic acids is 1. The van der Waals surface area contributed by atoms with Gasteiger partial charge >= 0.3 is 0 Å². The maximum atomic E-state index is 12.1.